The van der Waals surface area contributed by atoms with Crippen LogP contribution < -0.4 is 5.32 Å². The minimum atomic E-state index is -0.958. The van der Waals surface area contributed by atoms with Crippen LogP contribution in [-0.4, -0.2) is 46.1 Å². The van der Waals surface area contributed by atoms with E-state index in [1.807, 2.05) is 37.3 Å². The van der Waals surface area contributed by atoms with Crippen LogP contribution in [-0.2, 0) is 14.4 Å². The van der Waals surface area contributed by atoms with Gasteiger partial charge in [-0.05, 0) is 25.8 Å². The number of hydrogen-bond donors (Lipinski definition) is 1. The minimum Gasteiger partial charge on any atom is -0.348 e. The number of amides is 5. The SMILES string of the molecule is CCC[C@@H](NC(=O)CN1C(=O)C(=O)N(C(C)C)C1=O)c1ccccc1. The summed E-state index contributed by atoms with van der Waals surface area (Å²) in [6, 6.07) is 8.10. The van der Waals surface area contributed by atoms with Crippen LogP contribution >= 0.6 is 0 Å². The topological polar surface area (TPSA) is 86.8 Å². The second kappa shape index (κ2) is 7.92. The Morgan fingerprint density at radius 2 is 1.72 bits per heavy atom. The zero-order valence-electron chi connectivity index (χ0n) is 14.7. The maximum absolute atomic E-state index is 12.3. The molecular weight excluding hydrogens is 322 g/mol. The molecule has 0 unspecified atom stereocenters. The number of nitrogens with one attached hydrogen (secondary N) is 1. The van der Waals surface area contributed by atoms with Crippen molar-refractivity contribution >= 4 is 23.8 Å². The molecule has 0 spiro atoms. The number of carbonyl (C=O) groups excluding carboxylic acids is 4. The molecule has 1 atom stereocenters. The summed E-state index contributed by atoms with van der Waals surface area (Å²) in [6.07, 6.45) is 1.59. The summed E-state index contributed by atoms with van der Waals surface area (Å²) in [4.78, 5) is 50.0. The molecule has 1 saturated heterocycles. The van der Waals surface area contributed by atoms with Crippen molar-refractivity contribution in [3.8, 4) is 0 Å². The number of carbonyl (C=O) groups is 4. The Balaban J connectivity index is 2.07. The monoisotopic (exact) mass is 345 g/mol. The quantitative estimate of drug-likeness (QED) is 0.603. The molecule has 5 amide bonds. The zero-order valence-corrected chi connectivity index (χ0v) is 14.7. The van der Waals surface area contributed by atoms with Crippen LogP contribution in [0, 0.1) is 0 Å². The molecule has 0 aliphatic carbocycles. The lowest BCUT2D eigenvalue weighted by Gasteiger charge is -2.21. The molecule has 0 saturated carbocycles. The Bertz CT molecular complexity index is 672. The van der Waals surface area contributed by atoms with Gasteiger partial charge >= 0.3 is 17.8 Å². The molecule has 1 N–H and O–H groups in total. The second-order valence-corrected chi connectivity index (χ2v) is 6.26. The second-order valence-electron chi connectivity index (χ2n) is 6.26. The first-order chi connectivity index (χ1) is 11.9. The molecule has 1 fully saturated rings. The van der Waals surface area contributed by atoms with E-state index < -0.39 is 36.3 Å². The normalized spacial score (nSPS) is 15.9. The van der Waals surface area contributed by atoms with Gasteiger partial charge in [-0.3, -0.25) is 19.3 Å². The van der Waals surface area contributed by atoms with E-state index in [-0.39, 0.29) is 6.04 Å². The predicted molar refractivity (Wildman–Crippen MR) is 91.3 cm³/mol. The highest BCUT2D eigenvalue weighted by molar-refractivity contribution is 6.45. The molecule has 7 heteroatoms. The van der Waals surface area contributed by atoms with Gasteiger partial charge in [0, 0.05) is 6.04 Å². The fraction of sp³-hybridized carbons (Fsp3) is 0.444. The highest BCUT2D eigenvalue weighted by Crippen LogP contribution is 2.19. The van der Waals surface area contributed by atoms with Gasteiger partial charge in [0.15, 0.2) is 0 Å². The first kappa shape index (κ1) is 18.6. The van der Waals surface area contributed by atoms with Crippen molar-refractivity contribution in [1.29, 1.82) is 0 Å². The van der Waals surface area contributed by atoms with Crippen LogP contribution in [0.25, 0.3) is 0 Å². The average molecular weight is 345 g/mol. The fourth-order valence-corrected chi connectivity index (χ4v) is 2.80. The summed E-state index contributed by atoms with van der Waals surface area (Å²) in [7, 11) is 0. The van der Waals surface area contributed by atoms with Crippen LogP contribution in [0.5, 0.6) is 0 Å². The number of hydrogen-bond acceptors (Lipinski definition) is 4. The van der Waals surface area contributed by atoms with E-state index in [0.717, 1.165) is 23.3 Å². The molecule has 1 aromatic rings. The molecule has 7 nitrogen and oxygen atoms in total. The van der Waals surface area contributed by atoms with E-state index in [1.54, 1.807) is 13.8 Å². The van der Waals surface area contributed by atoms with E-state index in [2.05, 4.69) is 5.32 Å². The first-order valence-electron chi connectivity index (χ1n) is 8.40. The molecule has 0 bridgehead atoms. The van der Waals surface area contributed by atoms with Crippen LogP contribution in [0.3, 0.4) is 0 Å². The van der Waals surface area contributed by atoms with Gasteiger partial charge in [-0.2, -0.15) is 0 Å². The van der Waals surface area contributed by atoms with E-state index in [1.165, 1.54) is 0 Å². The number of nitrogens with zero attached hydrogens (tertiary/aromatic N) is 2. The lowest BCUT2D eigenvalue weighted by Crippen LogP contribution is -2.43. The van der Waals surface area contributed by atoms with Gasteiger partial charge in [0.05, 0.1) is 6.04 Å². The van der Waals surface area contributed by atoms with Crippen molar-refractivity contribution in [2.75, 3.05) is 6.54 Å². The Labute approximate surface area is 147 Å². The lowest BCUT2D eigenvalue weighted by molar-refractivity contribution is -0.144. The number of imide groups is 2. The van der Waals surface area contributed by atoms with Gasteiger partial charge in [-0.15, -0.1) is 0 Å². The van der Waals surface area contributed by atoms with Crippen molar-refractivity contribution in [3.63, 3.8) is 0 Å². The average Bonchev–Trinajstić information content (AvgIpc) is 2.79. The zero-order chi connectivity index (χ0) is 18.6. The first-order valence-corrected chi connectivity index (χ1v) is 8.40. The van der Waals surface area contributed by atoms with Crippen LogP contribution in [0.15, 0.2) is 30.3 Å². The third kappa shape index (κ3) is 4.04. The van der Waals surface area contributed by atoms with Gasteiger partial charge in [0.25, 0.3) is 0 Å². The maximum atomic E-state index is 12.3. The van der Waals surface area contributed by atoms with Crippen molar-refractivity contribution in [2.45, 2.75) is 45.7 Å². The largest absolute Gasteiger partial charge is 0.348 e. The summed E-state index contributed by atoms with van der Waals surface area (Å²) >= 11 is 0. The molecule has 25 heavy (non-hydrogen) atoms. The molecule has 134 valence electrons. The third-order valence-electron chi connectivity index (χ3n) is 4.02. The van der Waals surface area contributed by atoms with Gasteiger partial charge in [-0.1, -0.05) is 43.7 Å². The standard InChI is InChI=1S/C18H23N3O4/c1-4-8-14(13-9-6-5-7-10-13)19-15(22)11-20-16(23)17(24)21(12(2)3)18(20)25/h5-7,9-10,12,14H,4,8,11H2,1-3H3,(H,19,22)/t14-/m1/s1. The van der Waals surface area contributed by atoms with Gasteiger partial charge in [0.1, 0.15) is 6.54 Å². The van der Waals surface area contributed by atoms with E-state index in [4.69, 9.17) is 0 Å². The molecule has 1 aromatic carbocycles. The van der Waals surface area contributed by atoms with Crippen LogP contribution in [0.2, 0.25) is 0 Å². The van der Waals surface area contributed by atoms with Crippen molar-refractivity contribution in [2.24, 2.45) is 0 Å². The molecular formula is C18H23N3O4. The van der Waals surface area contributed by atoms with Gasteiger partial charge in [-0.25, -0.2) is 9.69 Å². The summed E-state index contributed by atoms with van der Waals surface area (Å²) in [6.45, 7) is 4.83. The van der Waals surface area contributed by atoms with Crippen molar-refractivity contribution in [1.82, 2.24) is 15.1 Å². The molecule has 0 radical (unpaired) electrons. The molecule has 2 rings (SSSR count). The molecule has 0 aromatic heterocycles. The summed E-state index contributed by atoms with van der Waals surface area (Å²) in [5, 5.41) is 2.85. The fourth-order valence-electron chi connectivity index (χ4n) is 2.80. The Hall–Kier alpha value is -2.70. The van der Waals surface area contributed by atoms with E-state index >= 15 is 0 Å². The van der Waals surface area contributed by atoms with Crippen molar-refractivity contribution < 1.29 is 19.2 Å². The van der Waals surface area contributed by atoms with Gasteiger partial charge < -0.3 is 5.32 Å². The summed E-state index contributed by atoms with van der Waals surface area (Å²) < 4.78 is 0. The smallest absolute Gasteiger partial charge is 0.334 e. The minimum absolute atomic E-state index is 0.205. The Kier molecular flexibility index (Phi) is 5.90. The summed E-state index contributed by atoms with van der Waals surface area (Å²) in [5.41, 5.74) is 0.955. The van der Waals surface area contributed by atoms with Gasteiger partial charge in [0.2, 0.25) is 5.91 Å². The van der Waals surface area contributed by atoms with E-state index in [0.29, 0.717) is 4.90 Å². The molecule has 1 aliphatic heterocycles. The molecule has 1 aliphatic rings. The number of rotatable bonds is 7. The number of benzene rings is 1. The highest BCUT2D eigenvalue weighted by Gasteiger charge is 2.46. The lowest BCUT2D eigenvalue weighted by atomic mass is 10.0. The summed E-state index contributed by atoms with van der Waals surface area (Å²) in [5.74, 6) is -2.32. The van der Waals surface area contributed by atoms with Crippen molar-refractivity contribution in [3.05, 3.63) is 35.9 Å². The Morgan fingerprint density at radius 1 is 1.08 bits per heavy atom. The van der Waals surface area contributed by atoms with E-state index in [9.17, 15) is 19.2 Å². The molecule has 1 heterocycles. The Morgan fingerprint density at radius 3 is 2.24 bits per heavy atom. The van der Waals surface area contributed by atoms with Crippen LogP contribution in [0.1, 0.15) is 45.2 Å². The third-order valence-corrected chi connectivity index (χ3v) is 4.02. The number of urea groups is 1. The highest BCUT2D eigenvalue weighted by atomic mass is 16.2. The maximum Gasteiger partial charge on any atom is 0.334 e. The predicted octanol–water partition coefficient (Wildman–Crippen LogP) is 1.84. The van der Waals surface area contributed by atoms with Crippen LogP contribution in [0.4, 0.5) is 4.79 Å².